The average Bonchev–Trinajstić information content (AvgIpc) is 2.27. The van der Waals surface area contributed by atoms with Crippen molar-refractivity contribution in [3.8, 4) is 0 Å². The maximum Gasteiger partial charge on any atom is 0.252 e. The standard InChI is InChI=1S/C11H13BrFNOS/c1-16-6-2-5-14-11(15)9-7-8(13)3-4-10(9)12/h3-4,7H,2,5-6H2,1H3,(H,14,15). The number of hydrogen-bond acceptors (Lipinski definition) is 2. The molecule has 16 heavy (non-hydrogen) atoms. The molecular weight excluding hydrogens is 293 g/mol. The quantitative estimate of drug-likeness (QED) is 0.847. The van der Waals surface area contributed by atoms with Crippen LogP contribution in [0.25, 0.3) is 0 Å². The van der Waals surface area contributed by atoms with Gasteiger partial charge in [0.05, 0.1) is 5.56 Å². The molecule has 0 atom stereocenters. The molecule has 88 valence electrons. The molecule has 0 unspecified atom stereocenters. The molecule has 0 fully saturated rings. The minimum absolute atomic E-state index is 0.243. The van der Waals surface area contributed by atoms with E-state index in [9.17, 15) is 9.18 Å². The van der Waals surface area contributed by atoms with Gasteiger partial charge in [-0.25, -0.2) is 4.39 Å². The number of halogens is 2. The Bertz CT molecular complexity index is 373. The molecule has 5 heteroatoms. The normalized spacial score (nSPS) is 10.2. The largest absolute Gasteiger partial charge is 0.352 e. The van der Waals surface area contributed by atoms with Gasteiger partial charge in [-0.05, 0) is 52.6 Å². The zero-order valence-corrected chi connectivity index (χ0v) is 11.3. The van der Waals surface area contributed by atoms with Crippen LogP contribution >= 0.6 is 27.7 Å². The van der Waals surface area contributed by atoms with E-state index in [1.54, 1.807) is 11.8 Å². The molecule has 0 aliphatic heterocycles. The number of carbonyl (C=O) groups is 1. The fraction of sp³-hybridized carbons (Fsp3) is 0.364. The zero-order chi connectivity index (χ0) is 12.0. The lowest BCUT2D eigenvalue weighted by molar-refractivity contribution is 0.0952. The van der Waals surface area contributed by atoms with Crippen LogP contribution in [-0.4, -0.2) is 24.5 Å². The Balaban J connectivity index is 2.55. The Morgan fingerprint density at radius 3 is 3.00 bits per heavy atom. The van der Waals surface area contributed by atoms with Crippen LogP contribution < -0.4 is 5.32 Å². The molecule has 0 aliphatic rings. The van der Waals surface area contributed by atoms with Crippen LogP contribution in [-0.2, 0) is 0 Å². The molecule has 2 nitrogen and oxygen atoms in total. The highest BCUT2D eigenvalue weighted by Gasteiger charge is 2.10. The van der Waals surface area contributed by atoms with Crippen molar-refractivity contribution in [3.05, 3.63) is 34.1 Å². The highest BCUT2D eigenvalue weighted by molar-refractivity contribution is 9.10. The van der Waals surface area contributed by atoms with E-state index in [2.05, 4.69) is 21.2 Å². The van der Waals surface area contributed by atoms with Crippen molar-refractivity contribution < 1.29 is 9.18 Å². The minimum Gasteiger partial charge on any atom is -0.352 e. The first-order valence-electron chi connectivity index (χ1n) is 4.87. The Labute approximate surface area is 107 Å². The smallest absolute Gasteiger partial charge is 0.252 e. The van der Waals surface area contributed by atoms with Gasteiger partial charge >= 0.3 is 0 Å². The summed E-state index contributed by atoms with van der Waals surface area (Å²) >= 11 is 4.96. The van der Waals surface area contributed by atoms with Crippen molar-refractivity contribution in [2.45, 2.75) is 6.42 Å². The lowest BCUT2D eigenvalue weighted by Crippen LogP contribution is -2.25. The second-order valence-corrected chi connectivity index (χ2v) is 5.07. The second-order valence-electron chi connectivity index (χ2n) is 3.23. The number of benzene rings is 1. The van der Waals surface area contributed by atoms with Crippen LogP contribution in [0, 0.1) is 5.82 Å². The van der Waals surface area contributed by atoms with Crippen LogP contribution in [0.2, 0.25) is 0 Å². The van der Waals surface area contributed by atoms with Crippen molar-refractivity contribution >= 4 is 33.6 Å². The van der Waals surface area contributed by atoms with Gasteiger partial charge in [0, 0.05) is 11.0 Å². The van der Waals surface area contributed by atoms with Gasteiger partial charge in [0.2, 0.25) is 0 Å². The molecule has 0 aliphatic carbocycles. The average molecular weight is 306 g/mol. The van der Waals surface area contributed by atoms with Crippen LogP contribution in [0.15, 0.2) is 22.7 Å². The Morgan fingerprint density at radius 2 is 2.31 bits per heavy atom. The third-order valence-corrected chi connectivity index (χ3v) is 3.37. The maximum atomic E-state index is 12.9. The van der Waals surface area contributed by atoms with E-state index in [0.717, 1.165) is 12.2 Å². The topological polar surface area (TPSA) is 29.1 Å². The first-order valence-corrected chi connectivity index (χ1v) is 7.06. The fourth-order valence-electron chi connectivity index (χ4n) is 1.19. The SMILES string of the molecule is CSCCCNC(=O)c1cc(F)ccc1Br. The van der Waals surface area contributed by atoms with Gasteiger partial charge < -0.3 is 5.32 Å². The van der Waals surface area contributed by atoms with Crippen molar-refractivity contribution in [1.82, 2.24) is 5.32 Å². The van der Waals surface area contributed by atoms with Gasteiger partial charge in [-0.3, -0.25) is 4.79 Å². The lowest BCUT2D eigenvalue weighted by Gasteiger charge is -2.06. The minimum atomic E-state index is -0.405. The van der Waals surface area contributed by atoms with E-state index < -0.39 is 5.82 Å². The summed E-state index contributed by atoms with van der Waals surface area (Å²) < 4.78 is 13.6. The summed E-state index contributed by atoms with van der Waals surface area (Å²) in [7, 11) is 0. The molecule has 1 amide bonds. The summed E-state index contributed by atoms with van der Waals surface area (Å²) in [5, 5.41) is 2.75. The molecule has 0 saturated heterocycles. The maximum absolute atomic E-state index is 12.9. The molecular formula is C11H13BrFNOS. The summed E-state index contributed by atoms with van der Waals surface area (Å²) in [6, 6.07) is 4.08. The van der Waals surface area contributed by atoms with Crippen molar-refractivity contribution in [3.63, 3.8) is 0 Å². The number of rotatable bonds is 5. The number of thioether (sulfide) groups is 1. The zero-order valence-electron chi connectivity index (χ0n) is 8.93. The summed E-state index contributed by atoms with van der Waals surface area (Å²) in [6.45, 7) is 0.614. The molecule has 0 bridgehead atoms. The molecule has 1 aromatic carbocycles. The first-order chi connectivity index (χ1) is 7.65. The van der Waals surface area contributed by atoms with Gasteiger partial charge in [0.1, 0.15) is 5.82 Å². The molecule has 1 aromatic rings. The molecule has 0 spiro atoms. The van der Waals surface area contributed by atoms with Crippen LogP contribution in [0.4, 0.5) is 4.39 Å². The van der Waals surface area contributed by atoms with E-state index in [-0.39, 0.29) is 5.91 Å². The second kappa shape index (κ2) is 6.91. The van der Waals surface area contributed by atoms with Gasteiger partial charge in [-0.1, -0.05) is 0 Å². The third-order valence-electron chi connectivity index (χ3n) is 1.98. The molecule has 0 saturated carbocycles. The van der Waals surface area contributed by atoms with Gasteiger partial charge in [0.25, 0.3) is 5.91 Å². The highest BCUT2D eigenvalue weighted by atomic mass is 79.9. The van der Waals surface area contributed by atoms with E-state index >= 15 is 0 Å². The predicted molar refractivity (Wildman–Crippen MR) is 69.4 cm³/mol. The number of nitrogens with one attached hydrogen (secondary N) is 1. The van der Waals surface area contributed by atoms with E-state index in [4.69, 9.17) is 0 Å². The third kappa shape index (κ3) is 4.14. The van der Waals surface area contributed by atoms with Crippen LogP contribution in [0.1, 0.15) is 16.8 Å². The monoisotopic (exact) mass is 305 g/mol. The van der Waals surface area contributed by atoms with Crippen LogP contribution in [0.5, 0.6) is 0 Å². The molecule has 1 N–H and O–H groups in total. The van der Waals surface area contributed by atoms with Gasteiger partial charge in [0.15, 0.2) is 0 Å². The number of amides is 1. The Kier molecular flexibility index (Phi) is 5.84. The first kappa shape index (κ1) is 13.5. The number of carbonyl (C=O) groups excluding carboxylic acids is 1. The van der Waals surface area contributed by atoms with Crippen molar-refractivity contribution in [1.29, 1.82) is 0 Å². The van der Waals surface area contributed by atoms with E-state index in [1.807, 2.05) is 6.26 Å². The molecule has 0 aromatic heterocycles. The summed E-state index contributed by atoms with van der Waals surface area (Å²) in [6.07, 6.45) is 2.94. The molecule has 1 rings (SSSR count). The van der Waals surface area contributed by atoms with Crippen molar-refractivity contribution in [2.75, 3.05) is 18.6 Å². The highest BCUT2D eigenvalue weighted by Crippen LogP contribution is 2.17. The number of hydrogen-bond donors (Lipinski definition) is 1. The van der Waals surface area contributed by atoms with E-state index in [0.29, 0.717) is 16.6 Å². The van der Waals surface area contributed by atoms with Gasteiger partial charge in [-0.15, -0.1) is 0 Å². The summed E-state index contributed by atoms with van der Waals surface area (Å²) in [4.78, 5) is 11.7. The van der Waals surface area contributed by atoms with Gasteiger partial charge in [-0.2, -0.15) is 11.8 Å². The van der Waals surface area contributed by atoms with E-state index in [1.165, 1.54) is 18.2 Å². The summed E-state index contributed by atoms with van der Waals surface area (Å²) in [5.74, 6) is 0.356. The summed E-state index contributed by atoms with van der Waals surface area (Å²) in [5.41, 5.74) is 0.337. The fourth-order valence-corrected chi connectivity index (χ4v) is 2.04. The Hall–Kier alpha value is -0.550. The predicted octanol–water partition coefficient (Wildman–Crippen LogP) is 3.07. The van der Waals surface area contributed by atoms with Crippen LogP contribution in [0.3, 0.4) is 0 Å². The molecule has 0 heterocycles. The Morgan fingerprint density at radius 1 is 1.56 bits per heavy atom. The van der Waals surface area contributed by atoms with Crippen molar-refractivity contribution in [2.24, 2.45) is 0 Å². The lowest BCUT2D eigenvalue weighted by atomic mass is 10.2. The molecule has 0 radical (unpaired) electrons.